The topological polar surface area (TPSA) is 89.3 Å². The van der Waals surface area contributed by atoms with E-state index in [2.05, 4.69) is 10.6 Å². The number of rotatable bonds is 6. The SMILES string of the molecule is C#CCCCNS(=O)(=O)c1cccc(F)c1[N+](=O)[O-]. The van der Waals surface area contributed by atoms with Crippen LogP contribution in [0.1, 0.15) is 12.8 Å². The zero-order valence-corrected chi connectivity index (χ0v) is 10.6. The van der Waals surface area contributed by atoms with Gasteiger partial charge in [0.15, 0.2) is 4.90 Å². The minimum Gasteiger partial charge on any atom is -0.258 e. The molecule has 0 saturated carbocycles. The molecular weight excluding hydrogens is 275 g/mol. The molecule has 0 bridgehead atoms. The predicted molar refractivity (Wildman–Crippen MR) is 66.3 cm³/mol. The molecule has 102 valence electrons. The Morgan fingerprint density at radius 2 is 2.16 bits per heavy atom. The Balaban J connectivity index is 3.05. The molecule has 1 aromatic rings. The molecule has 0 spiro atoms. The van der Waals surface area contributed by atoms with Crippen molar-refractivity contribution in [3.05, 3.63) is 34.1 Å². The summed E-state index contributed by atoms with van der Waals surface area (Å²) in [5, 5.41) is 10.7. The highest BCUT2D eigenvalue weighted by Gasteiger charge is 2.28. The Morgan fingerprint density at radius 1 is 1.47 bits per heavy atom. The van der Waals surface area contributed by atoms with Gasteiger partial charge in [-0.3, -0.25) is 10.1 Å². The van der Waals surface area contributed by atoms with Crippen molar-refractivity contribution in [2.24, 2.45) is 0 Å². The zero-order valence-electron chi connectivity index (χ0n) is 9.80. The second-order valence-corrected chi connectivity index (χ2v) is 5.28. The lowest BCUT2D eigenvalue weighted by Crippen LogP contribution is -2.25. The van der Waals surface area contributed by atoms with Gasteiger partial charge in [0.25, 0.3) is 0 Å². The van der Waals surface area contributed by atoms with Gasteiger partial charge in [-0.05, 0) is 18.6 Å². The summed E-state index contributed by atoms with van der Waals surface area (Å²) < 4.78 is 39.1. The van der Waals surface area contributed by atoms with E-state index in [4.69, 9.17) is 6.42 Å². The molecule has 1 rings (SSSR count). The number of benzene rings is 1. The minimum absolute atomic E-state index is 0.0280. The molecule has 0 aliphatic heterocycles. The molecular formula is C11H11FN2O4S. The number of hydrogen-bond acceptors (Lipinski definition) is 4. The molecule has 6 nitrogen and oxygen atoms in total. The lowest BCUT2D eigenvalue weighted by atomic mass is 10.3. The molecule has 0 aromatic heterocycles. The number of nitrogens with zero attached hydrogens (tertiary/aromatic N) is 1. The van der Waals surface area contributed by atoms with Crippen molar-refractivity contribution in [3.8, 4) is 12.3 Å². The van der Waals surface area contributed by atoms with Crippen molar-refractivity contribution in [1.82, 2.24) is 4.72 Å². The Hall–Kier alpha value is -1.98. The van der Waals surface area contributed by atoms with Crippen molar-refractivity contribution >= 4 is 15.7 Å². The summed E-state index contributed by atoms with van der Waals surface area (Å²) in [7, 11) is -4.14. The first-order valence-corrected chi connectivity index (χ1v) is 6.74. The number of nitrogens with one attached hydrogen (secondary N) is 1. The van der Waals surface area contributed by atoms with Gasteiger partial charge in [-0.15, -0.1) is 12.3 Å². The number of sulfonamides is 1. The summed E-state index contributed by atoms with van der Waals surface area (Å²) >= 11 is 0. The van der Waals surface area contributed by atoms with Crippen molar-refractivity contribution in [2.45, 2.75) is 17.7 Å². The minimum atomic E-state index is -4.14. The first kappa shape index (κ1) is 15.1. The molecule has 0 unspecified atom stereocenters. The van der Waals surface area contributed by atoms with E-state index in [-0.39, 0.29) is 6.54 Å². The molecule has 0 aliphatic carbocycles. The van der Waals surface area contributed by atoms with Gasteiger partial charge in [0.05, 0.1) is 4.92 Å². The molecule has 0 radical (unpaired) electrons. The first-order valence-electron chi connectivity index (χ1n) is 5.26. The maximum Gasteiger partial charge on any atom is 0.324 e. The van der Waals surface area contributed by atoms with Crippen LogP contribution in [0.15, 0.2) is 23.1 Å². The van der Waals surface area contributed by atoms with E-state index in [1.807, 2.05) is 0 Å². The fraction of sp³-hybridized carbons (Fsp3) is 0.273. The molecule has 0 amide bonds. The van der Waals surface area contributed by atoms with Crippen LogP contribution >= 0.6 is 0 Å². The molecule has 0 heterocycles. The third kappa shape index (κ3) is 3.74. The van der Waals surface area contributed by atoms with Gasteiger partial charge in [-0.25, -0.2) is 13.1 Å². The van der Waals surface area contributed by atoms with Crippen molar-refractivity contribution < 1.29 is 17.7 Å². The number of halogens is 1. The second kappa shape index (κ2) is 6.26. The van der Waals surface area contributed by atoms with Crippen LogP contribution in [0.25, 0.3) is 0 Å². The molecule has 1 N–H and O–H groups in total. The van der Waals surface area contributed by atoms with Gasteiger partial charge >= 0.3 is 5.69 Å². The average Bonchev–Trinajstić information content (AvgIpc) is 2.34. The number of nitro groups is 1. The Morgan fingerprint density at radius 3 is 2.74 bits per heavy atom. The van der Waals surface area contributed by atoms with Crippen LogP contribution in [0.5, 0.6) is 0 Å². The van der Waals surface area contributed by atoms with E-state index in [1.165, 1.54) is 0 Å². The molecule has 19 heavy (non-hydrogen) atoms. The van der Waals surface area contributed by atoms with E-state index in [0.717, 1.165) is 18.2 Å². The number of unbranched alkanes of at least 4 members (excludes halogenated alkanes) is 1. The fourth-order valence-electron chi connectivity index (χ4n) is 1.36. The number of hydrogen-bond donors (Lipinski definition) is 1. The maximum absolute atomic E-state index is 13.3. The normalized spacial score (nSPS) is 10.9. The monoisotopic (exact) mass is 286 g/mol. The fourth-order valence-corrected chi connectivity index (χ4v) is 2.62. The van der Waals surface area contributed by atoms with E-state index in [9.17, 15) is 22.9 Å². The van der Waals surface area contributed by atoms with Crippen LogP contribution in [0.4, 0.5) is 10.1 Å². The highest BCUT2D eigenvalue weighted by molar-refractivity contribution is 7.89. The van der Waals surface area contributed by atoms with Crippen LogP contribution in [0, 0.1) is 28.3 Å². The second-order valence-electron chi connectivity index (χ2n) is 3.55. The molecule has 0 atom stereocenters. The molecule has 0 saturated heterocycles. The zero-order chi connectivity index (χ0) is 14.5. The average molecular weight is 286 g/mol. The number of para-hydroxylation sites is 1. The van der Waals surface area contributed by atoms with Gasteiger partial charge in [0.2, 0.25) is 15.8 Å². The summed E-state index contributed by atoms with van der Waals surface area (Å²) in [6.07, 6.45) is 5.76. The summed E-state index contributed by atoms with van der Waals surface area (Å²) in [4.78, 5) is 8.95. The quantitative estimate of drug-likeness (QED) is 0.371. The van der Waals surface area contributed by atoms with E-state index >= 15 is 0 Å². The first-order chi connectivity index (χ1) is 8.90. The Labute approximate surface area is 109 Å². The summed E-state index contributed by atoms with van der Waals surface area (Å²) in [5.74, 6) is 1.13. The maximum atomic E-state index is 13.3. The smallest absolute Gasteiger partial charge is 0.258 e. The lowest BCUT2D eigenvalue weighted by molar-refractivity contribution is -0.390. The Bertz CT molecular complexity index is 622. The number of nitro benzene ring substituents is 1. The predicted octanol–water partition coefficient (Wildman–Crippen LogP) is 1.43. The van der Waals surface area contributed by atoms with Crippen LogP contribution in [0.3, 0.4) is 0 Å². The largest absolute Gasteiger partial charge is 0.324 e. The van der Waals surface area contributed by atoms with Crippen molar-refractivity contribution in [3.63, 3.8) is 0 Å². The van der Waals surface area contributed by atoms with Gasteiger partial charge in [0, 0.05) is 13.0 Å². The van der Waals surface area contributed by atoms with E-state index in [1.54, 1.807) is 0 Å². The molecule has 0 aliphatic rings. The van der Waals surface area contributed by atoms with Crippen LogP contribution in [-0.4, -0.2) is 19.9 Å². The standard InChI is InChI=1S/C11H11FN2O4S/c1-2-3-4-8-13-19(17,18)10-7-5-6-9(12)11(10)14(15)16/h1,5-7,13H,3-4,8H2. The van der Waals surface area contributed by atoms with E-state index < -0.39 is 31.3 Å². The van der Waals surface area contributed by atoms with Crippen LogP contribution < -0.4 is 4.72 Å². The highest BCUT2D eigenvalue weighted by atomic mass is 32.2. The van der Waals surface area contributed by atoms with Gasteiger partial charge in [0.1, 0.15) is 0 Å². The summed E-state index contributed by atoms with van der Waals surface area (Å²) in [6.45, 7) is 0.0280. The molecule has 0 fully saturated rings. The third-order valence-corrected chi connectivity index (χ3v) is 3.70. The van der Waals surface area contributed by atoms with Crippen molar-refractivity contribution in [1.29, 1.82) is 0 Å². The van der Waals surface area contributed by atoms with Gasteiger partial charge < -0.3 is 0 Å². The van der Waals surface area contributed by atoms with E-state index in [0.29, 0.717) is 12.8 Å². The highest BCUT2D eigenvalue weighted by Crippen LogP contribution is 2.26. The van der Waals surface area contributed by atoms with Crippen molar-refractivity contribution in [2.75, 3.05) is 6.54 Å². The number of terminal acetylenes is 1. The summed E-state index contributed by atoms with van der Waals surface area (Å²) in [5.41, 5.74) is -1.06. The van der Waals surface area contributed by atoms with Gasteiger partial charge in [-0.1, -0.05) is 6.07 Å². The molecule has 8 heteroatoms. The summed E-state index contributed by atoms with van der Waals surface area (Å²) in [6, 6.07) is 2.90. The van der Waals surface area contributed by atoms with Crippen LogP contribution in [0.2, 0.25) is 0 Å². The third-order valence-electron chi connectivity index (χ3n) is 2.21. The Kier molecular flexibility index (Phi) is 4.97. The molecule has 1 aromatic carbocycles. The van der Waals surface area contributed by atoms with Crippen LogP contribution in [-0.2, 0) is 10.0 Å². The lowest BCUT2D eigenvalue weighted by Gasteiger charge is -2.06. The van der Waals surface area contributed by atoms with Gasteiger partial charge in [-0.2, -0.15) is 4.39 Å².